The number of nitrogens with two attached hydrogens (primary N) is 1. The van der Waals surface area contributed by atoms with Crippen LogP contribution < -0.4 is 5.73 Å². The Bertz CT molecular complexity index is 435. The SMILES string of the molecule is CCOC(=O)Cn1nc(CC(C)(C)C)c(Br)c1N. The van der Waals surface area contributed by atoms with Gasteiger partial charge in [-0.15, -0.1) is 0 Å². The van der Waals surface area contributed by atoms with Crippen molar-refractivity contribution in [1.29, 1.82) is 0 Å². The predicted molar refractivity (Wildman–Crippen MR) is 74.1 cm³/mol. The number of nitrogen functional groups attached to an aromatic ring is 1. The number of rotatable bonds is 4. The molecule has 5 nitrogen and oxygen atoms in total. The minimum atomic E-state index is -0.332. The van der Waals surface area contributed by atoms with E-state index in [1.165, 1.54) is 4.68 Å². The number of nitrogens with zero attached hydrogens (tertiary/aromatic N) is 2. The molecule has 0 saturated carbocycles. The van der Waals surface area contributed by atoms with E-state index in [0.29, 0.717) is 12.4 Å². The fourth-order valence-corrected chi connectivity index (χ4v) is 1.99. The minimum Gasteiger partial charge on any atom is -0.465 e. The molecule has 0 fully saturated rings. The molecule has 1 aromatic rings. The van der Waals surface area contributed by atoms with Crippen molar-refractivity contribution in [2.24, 2.45) is 5.41 Å². The van der Waals surface area contributed by atoms with Gasteiger partial charge in [-0.2, -0.15) is 5.10 Å². The van der Waals surface area contributed by atoms with Crippen molar-refractivity contribution >= 4 is 27.7 Å². The average Bonchev–Trinajstić information content (AvgIpc) is 2.45. The third kappa shape index (κ3) is 4.01. The van der Waals surface area contributed by atoms with Gasteiger partial charge in [0.15, 0.2) is 0 Å². The summed E-state index contributed by atoms with van der Waals surface area (Å²) >= 11 is 3.42. The minimum absolute atomic E-state index is 0.0441. The fraction of sp³-hybridized carbons (Fsp3) is 0.667. The van der Waals surface area contributed by atoms with Crippen molar-refractivity contribution in [3.8, 4) is 0 Å². The summed E-state index contributed by atoms with van der Waals surface area (Å²) in [5.74, 6) is 0.129. The van der Waals surface area contributed by atoms with Crippen molar-refractivity contribution in [2.75, 3.05) is 12.3 Å². The Balaban J connectivity index is 2.89. The molecule has 0 amide bonds. The summed E-state index contributed by atoms with van der Waals surface area (Å²) in [6, 6.07) is 0. The Labute approximate surface area is 116 Å². The fourth-order valence-electron chi connectivity index (χ4n) is 1.57. The highest BCUT2D eigenvalue weighted by Crippen LogP contribution is 2.29. The Morgan fingerprint density at radius 1 is 1.50 bits per heavy atom. The molecule has 1 rings (SSSR count). The first-order valence-electron chi connectivity index (χ1n) is 5.91. The van der Waals surface area contributed by atoms with E-state index in [-0.39, 0.29) is 17.9 Å². The Morgan fingerprint density at radius 2 is 2.11 bits per heavy atom. The highest BCUT2D eigenvalue weighted by atomic mass is 79.9. The Morgan fingerprint density at radius 3 is 2.61 bits per heavy atom. The molecule has 0 aliphatic rings. The van der Waals surface area contributed by atoms with Crippen LogP contribution in [0.1, 0.15) is 33.4 Å². The number of anilines is 1. The van der Waals surface area contributed by atoms with Crippen molar-refractivity contribution in [3.05, 3.63) is 10.2 Å². The van der Waals surface area contributed by atoms with Crippen molar-refractivity contribution in [1.82, 2.24) is 9.78 Å². The molecule has 18 heavy (non-hydrogen) atoms. The van der Waals surface area contributed by atoms with Gasteiger partial charge in [-0.1, -0.05) is 20.8 Å². The monoisotopic (exact) mass is 317 g/mol. The van der Waals surface area contributed by atoms with Crippen LogP contribution in [0.4, 0.5) is 5.82 Å². The van der Waals surface area contributed by atoms with Crippen LogP contribution in [-0.2, 0) is 22.5 Å². The molecule has 0 aliphatic carbocycles. The maximum absolute atomic E-state index is 11.4. The lowest BCUT2D eigenvalue weighted by atomic mass is 9.91. The Kier molecular flexibility index (Phi) is 4.78. The van der Waals surface area contributed by atoms with Gasteiger partial charge in [0.25, 0.3) is 0 Å². The average molecular weight is 318 g/mol. The zero-order chi connectivity index (χ0) is 13.9. The summed E-state index contributed by atoms with van der Waals surface area (Å²) < 4.78 is 7.12. The highest BCUT2D eigenvalue weighted by molar-refractivity contribution is 9.10. The zero-order valence-corrected chi connectivity index (χ0v) is 12.9. The van der Waals surface area contributed by atoms with Gasteiger partial charge in [-0.25, -0.2) is 4.68 Å². The molecule has 102 valence electrons. The van der Waals surface area contributed by atoms with Crippen LogP contribution in [0.5, 0.6) is 0 Å². The van der Waals surface area contributed by atoms with Gasteiger partial charge in [0.2, 0.25) is 0 Å². The molecule has 6 heteroatoms. The van der Waals surface area contributed by atoms with Crippen LogP contribution in [0.3, 0.4) is 0 Å². The zero-order valence-electron chi connectivity index (χ0n) is 11.3. The smallest absolute Gasteiger partial charge is 0.327 e. The number of ether oxygens (including phenoxy) is 1. The van der Waals surface area contributed by atoms with E-state index < -0.39 is 0 Å². The van der Waals surface area contributed by atoms with Crippen LogP contribution in [0, 0.1) is 5.41 Å². The summed E-state index contributed by atoms with van der Waals surface area (Å²) in [5.41, 5.74) is 6.89. The van der Waals surface area contributed by atoms with E-state index in [9.17, 15) is 4.79 Å². The summed E-state index contributed by atoms with van der Waals surface area (Å²) in [6.45, 7) is 8.55. The van der Waals surface area contributed by atoms with Gasteiger partial charge in [0, 0.05) is 0 Å². The van der Waals surface area contributed by atoms with Gasteiger partial charge >= 0.3 is 5.97 Å². The summed E-state index contributed by atoms with van der Waals surface area (Å²) in [5, 5.41) is 4.36. The van der Waals surface area contributed by atoms with E-state index in [1.54, 1.807) is 6.92 Å². The first-order chi connectivity index (χ1) is 8.24. The van der Waals surface area contributed by atoms with Gasteiger partial charge in [0.05, 0.1) is 16.8 Å². The van der Waals surface area contributed by atoms with E-state index in [0.717, 1.165) is 16.6 Å². The molecule has 0 spiro atoms. The molecular weight excluding hydrogens is 298 g/mol. The number of esters is 1. The van der Waals surface area contributed by atoms with Crippen LogP contribution >= 0.6 is 15.9 Å². The number of carbonyl (C=O) groups is 1. The molecule has 0 aliphatic heterocycles. The molecule has 0 saturated heterocycles. The highest BCUT2D eigenvalue weighted by Gasteiger charge is 2.20. The lowest BCUT2D eigenvalue weighted by molar-refractivity contribution is -0.144. The third-order valence-corrected chi connectivity index (χ3v) is 3.14. The Hall–Kier alpha value is -1.04. The topological polar surface area (TPSA) is 70.1 Å². The second-order valence-corrected chi connectivity index (χ2v) is 6.14. The van der Waals surface area contributed by atoms with Gasteiger partial charge < -0.3 is 10.5 Å². The molecule has 0 bridgehead atoms. The van der Waals surface area contributed by atoms with E-state index >= 15 is 0 Å². The van der Waals surface area contributed by atoms with Crippen LogP contribution in [0.25, 0.3) is 0 Å². The van der Waals surface area contributed by atoms with E-state index in [1.807, 2.05) is 0 Å². The number of halogens is 1. The standard InChI is InChI=1S/C12H20BrN3O2/c1-5-18-9(17)7-16-11(14)10(13)8(15-16)6-12(2,3)4/h5-7,14H2,1-4H3. The maximum Gasteiger partial charge on any atom is 0.327 e. The molecule has 0 radical (unpaired) electrons. The molecular formula is C12H20BrN3O2. The summed E-state index contributed by atoms with van der Waals surface area (Å²) in [6.07, 6.45) is 0.785. The summed E-state index contributed by atoms with van der Waals surface area (Å²) in [7, 11) is 0. The van der Waals surface area contributed by atoms with Gasteiger partial charge in [-0.05, 0) is 34.7 Å². The van der Waals surface area contributed by atoms with E-state index in [2.05, 4.69) is 41.8 Å². The van der Waals surface area contributed by atoms with Crippen LogP contribution in [0.2, 0.25) is 0 Å². The second kappa shape index (κ2) is 5.73. The first kappa shape index (κ1) is 15.0. The van der Waals surface area contributed by atoms with Gasteiger partial charge in [0.1, 0.15) is 12.4 Å². The summed E-state index contributed by atoms with van der Waals surface area (Å²) in [4.78, 5) is 11.4. The lowest BCUT2D eigenvalue weighted by Gasteiger charge is -2.16. The van der Waals surface area contributed by atoms with Crippen LogP contribution in [0.15, 0.2) is 4.47 Å². The molecule has 0 unspecified atom stereocenters. The lowest BCUT2D eigenvalue weighted by Crippen LogP contribution is -2.16. The quantitative estimate of drug-likeness (QED) is 0.865. The van der Waals surface area contributed by atoms with Crippen molar-refractivity contribution in [3.63, 3.8) is 0 Å². The number of hydrogen-bond donors (Lipinski definition) is 1. The molecule has 1 aromatic heterocycles. The normalized spacial score (nSPS) is 11.6. The van der Waals surface area contributed by atoms with Gasteiger partial charge in [-0.3, -0.25) is 4.79 Å². The van der Waals surface area contributed by atoms with Crippen LogP contribution in [-0.4, -0.2) is 22.4 Å². The molecule has 1 heterocycles. The number of carbonyl (C=O) groups excluding carboxylic acids is 1. The third-order valence-electron chi connectivity index (χ3n) is 2.28. The molecule has 2 N–H and O–H groups in total. The second-order valence-electron chi connectivity index (χ2n) is 5.35. The van der Waals surface area contributed by atoms with Crippen molar-refractivity contribution < 1.29 is 9.53 Å². The maximum atomic E-state index is 11.4. The molecule has 0 atom stereocenters. The largest absolute Gasteiger partial charge is 0.465 e. The van der Waals surface area contributed by atoms with E-state index in [4.69, 9.17) is 10.5 Å². The predicted octanol–water partition coefficient (Wildman–Crippen LogP) is 2.38. The molecule has 0 aromatic carbocycles. The number of aromatic nitrogens is 2. The first-order valence-corrected chi connectivity index (χ1v) is 6.70. The van der Waals surface area contributed by atoms with Crippen molar-refractivity contribution in [2.45, 2.75) is 40.7 Å². The number of hydrogen-bond acceptors (Lipinski definition) is 4.